The third kappa shape index (κ3) is 2.73. The third-order valence-electron chi connectivity index (χ3n) is 4.37. The first-order valence-corrected chi connectivity index (χ1v) is 7.57. The zero-order chi connectivity index (χ0) is 14.8. The summed E-state index contributed by atoms with van der Waals surface area (Å²) in [5, 5.41) is 12.6. The van der Waals surface area contributed by atoms with Crippen molar-refractivity contribution in [2.45, 2.75) is 38.1 Å². The Morgan fingerprint density at radius 1 is 1.24 bits per heavy atom. The van der Waals surface area contributed by atoms with Crippen molar-refractivity contribution in [2.75, 3.05) is 18.4 Å². The second-order valence-electron chi connectivity index (χ2n) is 5.75. The van der Waals surface area contributed by atoms with E-state index in [9.17, 15) is 14.7 Å². The number of anilines is 1. The predicted molar refractivity (Wildman–Crippen MR) is 79.6 cm³/mol. The molecule has 0 spiro atoms. The van der Waals surface area contributed by atoms with E-state index in [0.29, 0.717) is 18.5 Å². The van der Waals surface area contributed by atoms with E-state index in [2.05, 4.69) is 5.32 Å². The van der Waals surface area contributed by atoms with Gasteiger partial charge < -0.3 is 15.3 Å². The number of benzene rings is 1. The van der Waals surface area contributed by atoms with Gasteiger partial charge in [0.2, 0.25) is 0 Å². The molecule has 2 heterocycles. The fourth-order valence-corrected chi connectivity index (χ4v) is 3.20. The second kappa shape index (κ2) is 5.76. The Kier molecular flexibility index (Phi) is 3.82. The molecule has 1 fully saturated rings. The van der Waals surface area contributed by atoms with E-state index in [0.717, 1.165) is 37.9 Å². The number of nitrogens with one attached hydrogen (secondary N) is 1. The molecule has 5 nitrogen and oxygen atoms in total. The molecule has 2 N–H and O–H groups in total. The lowest BCUT2D eigenvalue weighted by molar-refractivity contribution is -0.142. The van der Waals surface area contributed by atoms with Gasteiger partial charge in [0.1, 0.15) is 6.04 Å². The lowest BCUT2D eigenvalue weighted by Crippen LogP contribution is -2.44. The molecular weight excluding hydrogens is 268 g/mol. The molecule has 1 amide bonds. The molecule has 5 heteroatoms. The summed E-state index contributed by atoms with van der Waals surface area (Å²) < 4.78 is 0. The van der Waals surface area contributed by atoms with E-state index in [1.807, 2.05) is 18.2 Å². The number of fused-ring (bicyclic) bond motifs is 1. The summed E-state index contributed by atoms with van der Waals surface area (Å²) in [7, 11) is 0. The van der Waals surface area contributed by atoms with Crippen molar-refractivity contribution in [2.24, 2.45) is 0 Å². The number of amides is 1. The van der Waals surface area contributed by atoms with Crippen LogP contribution < -0.4 is 5.32 Å². The van der Waals surface area contributed by atoms with Gasteiger partial charge in [-0.2, -0.15) is 0 Å². The van der Waals surface area contributed by atoms with Gasteiger partial charge in [0, 0.05) is 24.3 Å². The third-order valence-corrected chi connectivity index (χ3v) is 4.37. The fourth-order valence-electron chi connectivity index (χ4n) is 3.20. The van der Waals surface area contributed by atoms with Crippen LogP contribution in [0.3, 0.4) is 0 Å². The molecule has 0 saturated carbocycles. The smallest absolute Gasteiger partial charge is 0.326 e. The highest BCUT2D eigenvalue weighted by atomic mass is 16.4. The van der Waals surface area contributed by atoms with Gasteiger partial charge in [-0.15, -0.1) is 0 Å². The highest BCUT2D eigenvalue weighted by Gasteiger charge is 2.31. The Hall–Kier alpha value is -2.04. The molecule has 0 aliphatic carbocycles. The van der Waals surface area contributed by atoms with Gasteiger partial charge in [-0.25, -0.2) is 4.79 Å². The summed E-state index contributed by atoms with van der Waals surface area (Å²) in [6.07, 6.45) is 4.25. The first-order chi connectivity index (χ1) is 10.2. The fraction of sp³-hybridized carbons (Fsp3) is 0.500. The first-order valence-electron chi connectivity index (χ1n) is 7.57. The number of hydrogen-bond acceptors (Lipinski definition) is 3. The molecule has 1 atom stereocenters. The monoisotopic (exact) mass is 288 g/mol. The number of carbonyl (C=O) groups excluding carboxylic acids is 1. The molecule has 2 aliphatic heterocycles. The number of aliphatic carboxylic acids is 1. The molecule has 1 aromatic carbocycles. The van der Waals surface area contributed by atoms with E-state index in [4.69, 9.17) is 0 Å². The van der Waals surface area contributed by atoms with Crippen LogP contribution in [0.5, 0.6) is 0 Å². The molecular formula is C16H20N2O3. The first kappa shape index (κ1) is 13.9. The quantitative estimate of drug-likeness (QED) is 0.874. The summed E-state index contributed by atoms with van der Waals surface area (Å²) in [5.41, 5.74) is 2.80. The van der Waals surface area contributed by atoms with Crippen LogP contribution in [0.25, 0.3) is 0 Å². The summed E-state index contributed by atoms with van der Waals surface area (Å²) >= 11 is 0. The van der Waals surface area contributed by atoms with E-state index >= 15 is 0 Å². The average molecular weight is 288 g/mol. The minimum absolute atomic E-state index is 0.166. The largest absolute Gasteiger partial charge is 0.480 e. The van der Waals surface area contributed by atoms with Crippen molar-refractivity contribution < 1.29 is 14.7 Å². The number of carboxylic acid groups (broad SMARTS) is 1. The van der Waals surface area contributed by atoms with Gasteiger partial charge in [0.15, 0.2) is 0 Å². The maximum absolute atomic E-state index is 12.7. The zero-order valence-corrected chi connectivity index (χ0v) is 12.0. The number of carbonyl (C=O) groups is 2. The van der Waals surface area contributed by atoms with Crippen LogP contribution in [-0.4, -0.2) is 41.0 Å². The molecule has 1 saturated heterocycles. The van der Waals surface area contributed by atoms with Crippen LogP contribution in [0.1, 0.15) is 41.6 Å². The number of nitrogens with zero attached hydrogens (tertiary/aromatic N) is 1. The predicted octanol–water partition coefficient (Wildman–Crippen LogP) is 2.12. The van der Waals surface area contributed by atoms with Gasteiger partial charge >= 0.3 is 5.97 Å². The maximum atomic E-state index is 12.7. The van der Waals surface area contributed by atoms with Crippen LogP contribution >= 0.6 is 0 Å². The van der Waals surface area contributed by atoms with Gasteiger partial charge in [0.05, 0.1) is 0 Å². The van der Waals surface area contributed by atoms with E-state index in [1.54, 1.807) is 0 Å². The standard InChI is InChI=1S/C16H20N2O3/c19-15(12-6-5-11-7-8-17-13(11)10-12)18-9-3-1-2-4-14(18)16(20)21/h5-6,10,14,17H,1-4,7-9H2,(H,20,21). The van der Waals surface area contributed by atoms with Gasteiger partial charge in [-0.05, 0) is 37.0 Å². The normalized spacial score (nSPS) is 21.3. The van der Waals surface area contributed by atoms with Crippen molar-refractivity contribution >= 4 is 17.6 Å². The van der Waals surface area contributed by atoms with Crippen LogP contribution in [0.15, 0.2) is 18.2 Å². The highest BCUT2D eigenvalue weighted by Crippen LogP contribution is 2.25. The van der Waals surface area contributed by atoms with Gasteiger partial charge in [-0.1, -0.05) is 18.9 Å². The summed E-state index contributed by atoms with van der Waals surface area (Å²) in [5.74, 6) is -1.06. The lowest BCUT2D eigenvalue weighted by atomic mass is 10.1. The minimum atomic E-state index is -0.899. The molecule has 1 unspecified atom stereocenters. The van der Waals surface area contributed by atoms with Crippen LogP contribution in [0.4, 0.5) is 5.69 Å². The molecule has 112 valence electrons. The Morgan fingerprint density at radius 3 is 2.90 bits per heavy atom. The molecule has 0 bridgehead atoms. The van der Waals surface area contributed by atoms with Crippen LogP contribution in [-0.2, 0) is 11.2 Å². The Balaban J connectivity index is 1.86. The van der Waals surface area contributed by atoms with E-state index in [1.165, 1.54) is 10.5 Å². The highest BCUT2D eigenvalue weighted by molar-refractivity contribution is 5.97. The van der Waals surface area contributed by atoms with Crippen molar-refractivity contribution in [3.8, 4) is 0 Å². The molecule has 3 rings (SSSR count). The summed E-state index contributed by atoms with van der Waals surface area (Å²) in [4.78, 5) is 25.7. The van der Waals surface area contributed by atoms with Crippen molar-refractivity contribution in [1.82, 2.24) is 4.90 Å². The van der Waals surface area contributed by atoms with Crippen molar-refractivity contribution in [1.29, 1.82) is 0 Å². The van der Waals surface area contributed by atoms with E-state index in [-0.39, 0.29) is 5.91 Å². The van der Waals surface area contributed by atoms with Crippen molar-refractivity contribution in [3.05, 3.63) is 29.3 Å². The van der Waals surface area contributed by atoms with Gasteiger partial charge in [0.25, 0.3) is 5.91 Å². The Labute approximate surface area is 123 Å². The SMILES string of the molecule is O=C(O)C1CCCCCN1C(=O)c1ccc2c(c1)NCC2. The number of rotatable bonds is 2. The number of hydrogen-bond donors (Lipinski definition) is 2. The lowest BCUT2D eigenvalue weighted by Gasteiger charge is -2.27. The number of likely N-dealkylation sites (tertiary alicyclic amines) is 1. The van der Waals surface area contributed by atoms with Crippen LogP contribution in [0.2, 0.25) is 0 Å². The maximum Gasteiger partial charge on any atom is 0.326 e. The van der Waals surface area contributed by atoms with Crippen molar-refractivity contribution in [3.63, 3.8) is 0 Å². The molecule has 2 aliphatic rings. The topological polar surface area (TPSA) is 69.6 Å². The van der Waals surface area contributed by atoms with Crippen LogP contribution in [0, 0.1) is 0 Å². The Bertz CT molecular complexity index is 571. The molecule has 0 aromatic heterocycles. The minimum Gasteiger partial charge on any atom is -0.480 e. The molecule has 0 radical (unpaired) electrons. The zero-order valence-electron chi connectivity index (χ0n) is 12.0. The molecule has 21 heavy (non-hydrogen) atoms. The molecule has 1 aromatic rings. The average Bonchev–Trinajstić information content (AvgIpc) is 2.80. The second-order valence-corrected chi connectivity index (χ2v) is 5.75. The summed E-state index contributed by atoms with van der Waals surface area (Å²) in [6, 6.07) is 4.95. The van der Waals surface area contributed by atoms with E-state index < -0.39 is 12.0 Å². The van der Waals surface area contributed by atoms with Gasteiger partial charge in [-0.3, -0.25) is 4.79 Å². The number of carboxylic acids is 1. The Morgan fingerprint density at radius 2 is 2.10 bits per heavy atom. The summed E-state index contributed by atoms with van der Waals surface area (Å²) in [6.45, 7) is 1.43.